The normalized spacial score (nSPS) is 11.5. The Bertz CT molecular complexity index is 1240. The van der Waals surface area contributed by atoms with E-state index in [0.29, 0.717) is 17.3 Å². The zero-order chi connectivity index (χ0) is 19.1. The molecule has 1 aliphatic rings. The number of H-pyrrole nitrogens is 1. The van der Waals surface area contributed by atoms with Crippen molar-refractivity contribution in [1.82, 2.24) is 24.7 Å². The molecule has 0 atom stereocenters. The maximum atomic E-state index is 6.24. The Morgan fingerprint density at radius 3 is 2.89 bits per heavy atom. The first-order valence-electron chi connectivity index (χ1n) is 8.64. The Morgan fingerprint density at radius 2 is 2.07 bits per heavy atom. The zero-order valence-corrected chi connectivity index (χ0v) is 15.7. The Morgan fingerprint density at radius 1 is 1.14 bits per heavy atom. The van der Waals surface area contributed by atoms with Crippen LogP contribution in [-0.2, 0) is 6.42 Å². The van der Waals surface area contributed by atoms with E-state index in [1.807, 2.05) is 30.5 Å². The minimum absolute atomic E-state index is 0.559. The molecule has 28 heavy (non-hydrogen) atoms. The largest absolute Gasteiger partial charge is 0.481 e. The van der Waals surface area contributed by atoms with E-state index in [1.54, 1.807) is 25.7 Å². The first kappa shape index (κ1) is 16.6. The average molecular weight is 388 g/mol. The van der Waals surface area contributed by atoms with Crippen LogP contribution in [0.4, 0.5) is 0 Å². The fourth-order valence-corrected chi connectivity index (χ4v) is 3.51. The van der Waals surface area contributed by atoms with Gasteiger partial charge in [0.25, 0.3) is 0 Å². The number of fused-ring (bicyclic) bond motifs is 5. The summed E-state index contributed by atoms with van der Waals surface area (Å²) in [5.41, 5.74) is 6.58. The molecule has 0 amide bonds. The number of imidazole rings is 1. The van der Waals surface area contributed by atoms with E-state index >= 15 is 0 Å². The van der Waals surface area contributed by atoms with E-state index in [9.17, 15) is 0 Å². The van der Waals surface area contributed by atoms with Crippen molar-refractivity contribution in [1.29, 1.82) is 0 Å². The Kier molecular flexibility index (Phi) is 3.89. The summed E-state index contributed by atoms with van der Waals surface area (Å²) in [5.74, 6) is 6.87. The second kappa shape index (κ2) is 6.55. The summed E-state index contributed by atoms with van der Waals surface area (Å²) in [6.07, 6.45) is 6.00. The monoisotopic (exact) mass is 387 g/mol. The van der Waals surface area contributed by atoms with Gasteiger partial charge in [-0.05, 0) is 30.2 Å². The molecule has 0 saturated heterocycles. The van der Waals surface area contributed by atoms with Crippen molar-refractivity contribution in [2.75, 3.05) is 7.11 Å². The Hall–Kier alpha value is -3.56. The number of nitrogens with zero attached hydrogens (tertiary/aromatic N) is 4. The van der Waals surface area contributed by atoms with E-state index in [-0.39, 0.29) is 0 Å². The topological polar surface area (TPSA) is 68.6 Å². The predicted octanol–water partition coefficient (Wildman–Crippen LogP) is 3.62. The summed E-state index contributed by atoms with van der Waals surface area (Å²) in [6.45, 7) is 0. The van der Waals surface area contributed by atoms with Crippen molar-refractivity contribution < 1.29 is 4.74 Å². The van der Waals surface area contributed by atoms with E-state index in [4.69, 9.17) is 16.3 Å². The highest BCUT2D eigenvalue weighted by atomic mass is 35.5. The number of halogens is 1. The van der Waals surface area contributed by atoms with Crippen molar-refractivity contribution in [2.45, 2.75) is 6.42 Å². The number of ether oxygens (including phenoxy) is 1. The lowest BCUT2D eigenvalue weighted by atomic mass is 10.0. The van der Waals surface area contributed by atoms with E-state index in [1.165, 1.54) is 0 Å². The van der Waals surface area contributed by atoms with E-state index in [0.717, 1.165) is 39.5 Å². The van der Waals surface area contributed by atoms with Crippen LogP contribution < -0.4 is 4.74 Å². The van der Waals surface area contributed by atoms with Crippen LogP contribution in [0.15, 0.2) is 49.1 Å². The zero-order valence-electron chi connectivity index (χ0n) is 14.9. The van der Waals surface area contributed by atoms with Crippen molar-refractivity contribution in [3.63, 3.8) is 0 Å². The van der Waals surface area contributed by atoms with Gasteiger partial charge in [0.15, 0.2) is 0 Å². The molecule has 0 unspecified atom stereocenters. The van der Waals surface area contributed by atoms with Crippen molar-refractivity contribution in [3.8, 4) is 34.7 Å². The van der Waals surface area contributed by atoms with Crippen molar-refractivity contribution in [2.24, 2.45) is 0 Å². The van der Waals surface area contributed by atoms with E-state index in [2.05, 4.69) is 36.6 Å². The number of benzene rings is 1. The quantitative estimate of drug-likeness (QED) is 0.446. The highest BCUT2D eigenvalue weighted by molar-refractivity contribution is 6.31. The molecule has 6 nitrogen and oxygen atoms in total. The van der Waals surface area contributed by atoms with Crippen LogP contribution in [0.25, 0.3) is 16.9 Å². The molecule has 0 spiro atoms. The van der Waals surface area contributed by atoms with Crippen LogP contribution in [0.3, 0.4) is 0 Å². The SMILES string of the molecule is COc1ccc(C#Cc2ncn3c2Cc2cn[nH]c2-c2cc(Cl)ccc2-3)cn1. The predicted molar refractivity (Wildman–Crippen MR) is 106 cm³/mol. The second-order valence-electron chi connectivity index (χ2n) is 6.36. The lowest BCUT2D eigenvalue weighted by Crippen LogP contribution is -1.99. The molecule has 4 heterocycles. The third kappa shape index (κ3) is 2.73. The second-order valence-corrected chi connectivity index (χ2v) is 6.79. The smallest absolute Gasteiger partial charge is 0.212 e. The maximum Gasteiger partial charge on any atom is 0.212 e. The summed E-state index contributed by atoms with van der Waals surface area (Å²) >= 11 is 6.24. The van der Waals surface area contributed by atoms with Crippen molar-refractivity contribution in [3.05, 3.63) is 76.6 Å². The molecule has 0 fully saturated rings. The molecule has 1 aliphatic heterocycles. The van der Waals surface area contributed by atoms with Gasteiger partial charge in [0.05, 0.1) is 30.4 Å². The molecular weight excluding hydrogens is 374 g/mol. The molecule has 5 rings (SSSR count). The molecule has 0 aliphatic carbocycles. The van der Waals surface area contributed by atoms with Gasteiger partial charge in [-0.25, -0.2) is 9.97 Å². The van der Waals surface area contributed by atoms with Gasteiger partial charge in [0.1, 0.15) is 12.0 Å². The van der Waals surface area contributed by atoms with Gasteiger partial charge in [-0.15, -0.1) is 0 Å². The number of rotatable bonds is 1. The first-order valence-corrected chi connectivity index (χ1v) is 9.01. The van der Waals surface area contributed by atoms with Crippen LogP contribution >= 0.6 is 11.6 Å². The van der Waals surface area contributed by atoms with Crippen molar-refractivity contribution >= 4 is 11.6 Å². The molecule has 3 aromatic heterocycles. The third-order valence-electron chi connectivity index (χ3n) is 4.70. The fraction of sp³-hybridized carbons (Fsp3) is 0.0952. The lowest BCUT2D eigenvalue weighted by molar-refractivity contribution is 0.398. The van der Waals surface area contributed by atoms with Gasteiger partial charge >= 0.3 is 0 Å². The summed E-state index contributed by atoms with van der Waals surface area (Å²) in [7, 11) is 1.59. The number of aromatic amines is 1. The maximum absolute atomic E-state index is 6.24. The van der Waals surface area contributed by atoms with Crippen LogP contribution in [0.1, 0.15) is 22.5 Å². The molecule has 1 aromatic carbocycles. The lowest BCUT2D eigenvalue weighted by Gasteiger charge is -2.09. The van der Waals surface area contributed by atoms with Crippen LogP contribution in [0.2, 0.25) is 5.02 Å². The van der Waals surface area contributed by atoms with Gasteiger partial charge < -0.3 is 9.30 Å². The molecule has 1 N–H and O–H groups in total. The highest BCUT2D eigenvalue weighted by Crippen LogP contribution is 2.36. The van der Waals surface area contributed by atoms with Crippen LogP contribution in [-0.4, -0.2) is 31.8 Å². The minimum Gasteiger partial charge on any atom is -0.481 e. The standard InChI is InChI=1S/C21H14ClN5O/c1-28-20-7-3-13(10-23-20)2-5-17-19-8-14-11-25-26-21(14)16-9-15(22)4-6-18(16)27(19)12-24-17/h3-4,6-7,9-12H,8H2,1H3,(H,25,26). The van der Waals surface area contributed by atoms with Gasteiger partial charge in [0, 0.05) is 40.4 Å². The van der Waals surface area contributed by atoms with Gasteiger partial charge in [-0.3, -0.25) is 5.10 Å². The number of methoxy groups -OCH3 is 1. The van der Waals surface area contributed by atoms with Gasteiger partial charge in [-0.2, -0.15) is 5.10 Å². The van der Waals surface area contributed by atoms with Gasteiger partial charge in [-0.1, -0.05) is 17.5 Å². The third-order valence-corrected chi connectivity index (χ3v) is 4.94. The number of hydrogen-bond donors (Lipinski definition) is 1. The molecule has 0 bridgehead atoms. The highest BCUT2D eigenvalue weighted by Gasteiger charge is 2.23. The first-order chi connectivity index (χ1) is 13.7. The van der Waals surface area contributed by atoms with Crippen LogP contribution in [0, 0.1) is 11.8 Å². The van der Waals surface area contributed by atoms with E-state index < -0.39 is 0 Å². The summed E-state index contributed by atoms with van der Waals surface area (Å²) in [4.78, 5) is 8.73. The fourth-order valence-electron chi connectivity index (χ4n) is 3.34. The summed E-state index contributed by atoms with van der Waals surface area (Å²) in [6, 6.07) is 9.47. The molecular formula is C21H14ClN5O. The number of aromatic nitrogens is 5. The number of pyridine rings is 1. The number of nitrogens with one attached hydrogen (secondary N) is 1. The molecule has 0 radical (unpaired) electrons. The Labute approximate surface area is 166 Å². The molecule has 7 heteroatoms. The molecule has 136 valence electrons. The van der Waals surface area contributed by atoms with Gasteiger partial charge in [0.2, 0.25) is 5.88 Å². The minimum atomic E-state index is 0.559. The molecule has 4 aromatic rings. The Balaban J connectivity index is 1.62. The van der Waals surface area contributed by atoms with Crippen LogP contribution in [0.5, 0.6) is 5.88 Å². The summed E-state index contributed by atoms with van der Waals surface area (Å²) < 4.78 is 7.15. The number of hydrogen-bond acceptors (Lipinski definition) is 4. The molecule has 0 saturated carbocycles. The average Bonchev–Trinajstić information content (AvgIpc) is 3.32. The summed E-state index contributed by atoms with van der Waals surface area (Å²) in [5, 5.41) is 7.99.